The van der Waals surface area contributed by atoms with E-state index in [0.29, 0.717) is 29.4 Å². The van der Waals surface area contributed by atoms with E-state index in [1.165, 1.54) is 37.7 Å². The van der Waals surface area contributed by atoms with E-state index < -0.39 is 0 Å². The first-order chi connectivity index (χ1) is 11.7. The third kappa shape index (κ3) is 3.46. The van der Waals surface area contributed by atoms with E-state index >= 15 is 0 Å². The Bertz CT molecular complexity index is 585. The molecule has 4 rings (SSSR count). The van der Waals surface area contributed by atoms with Gasteiger partial charge in [0.05, 0.1) is 6.10 Å². The topological polar surface area (TPSA) is 45.7 Å². The van der Waals surface area contributed by atoms with E-state index in [2.05, 4.69) is 39.4 Å². The summed E-state index contributed by atoms with van der Waals surface area (Å²) in [6.45, 7) is 4.13. The highest BCUT2D eigenvalue weighted by Gasteiger charge is 2.65. The average molecular weight is 475 g/mol. The lowest BCUT2D eigenvalue weighted by Gasteiger charge is -2.57. The van der Waals surface area contributed by atoms with Crippen molar-refractivity contribution in [2.45, 2.75) is 57.1 Å². The summed E-state index contributed by atoms with van der Waals surface area (Å²) in [5.74, 6) is 2.13. The summed E-state index contributed by atoms with van der Waals surface area (Å²) in [7, 11) is 1.88. The minimum atomic E-state index is 0. The Labute approximate surface area is 172 Å². The molecule has 1 aromatic heterocycles. The second-order valence-electron chi connectivity index (χ2n) is 7.72. The highest BCUT2D eigenvalue weighted by molar-refractivity contribution is 14.0. The quantitative estimate of drug-likeness (QED) is 0.394. The Balaban J connectivity index is 0.00000182. The Morgan fingerprint density at radius 1 is 1.44 bits per heavy atom. The highest BCUT2D eigenvalue weighted by Crippen LogP contribution is 2.60. The molecule has 1 saturated heterocycles. The summed E-state index contributed by atoms with van der Waals surface area (Å²) in [6, 6.07) is 2.75. The minimum Gasteiger partial charge on any atom is -0.377 e. The Morgan fingerprint density at radius 2 is 2.24 bits per heavy atom. The van der Waals surface area contributed by atoms with Crippen molar-refractivity contribution in [3.63, 3.8) is 0 Å². The Morgan fingerprint density at radius 3 is 2.92 bits per heavy atom. The standard InChI is InChI=1S/C19H29N3OS.HI/c1-13(14-6-10-24-12-14)11-21-18(20-2)22-16-15-5-9-23-17(15)19(16)7-3-4-8-19;/h6,10,12-13,15-17H,3-5,7-9,11H2,1-2H3,(H2,20,21,22);1H. The number of nitrogens with one attached hydrogen (secondary N) is 2. The highest BCUT2D eigenvalue weighted by atomic mass is 127. The van der Waals surface area contributed by atoms with Gasteiger partial charge in [-0.05, 0) is 47.6 Å². The smallest absolute Gasteiger partial charge is 0.191 e. The molecule has 4 unspecified atom stereocenters. The SMILES string of the molecule is CN=C(NCC(C)c1ccsc1)NC1C2CCOC2C12CCCC2.I. The molecule has 3 aliphatic rings. The number of fused-ring (bicyclic) bond motifs is 2. The zero-order chi connectivity index (χ0) is 16.6. The number of thiophene rings is 1. The molecule has 2 aliphatic carbocycles. The van der Waals surface area contributed by atoms with Crippen LogP contribution >= 0.6 is 35.3 Å². The molecule has 1 aromatic rings. The molecular formula is C19H30IN3OS. The maximum Gasteiger partial charge on any atom is 0.191 e. The molecule has 0 aromatic carbocycles. The Hall–Kier alpha value is -0.340. The molecule has 4 atom stereocenters. The molecule has 3 fully saturated rings. The molecule has 2 heterocycles. The number of hydrogen-bond acceptors (Lipinski definition) is 3. The molecule has 6 heteroatoms. The van der Waals surface area contributed by atoms with Crippen molar-refractivity contribution >= 4 is 41.3 Å². The summed E-state index contributed by atoms with van der Waals surface area (Å²) in [6.07, 6.45) is 7.03. The van der Waals surface area contributed by atoms with Crippen molar-refractivity contribution in [2.75, 3.05) is 20.2 Å². The van der Waals surface area contributed by atoms with Crippen LogP contribution in [-0.4, -0.2) is 38.3 Å². The molecule has 1 spiro atoms. The van der Waals surface area contributed by atoms with E-state index in [-0.39, 0.29) is 24.0 Å². The van der Waals surface area contributed by atoms with Gasteiger partial charge in [-0.15, -0.1) is 24.0 Å². The van der Waals surface area contributed by atoms with E-state index in [4.69, 9.17) is 4.74 Å². The van der Waals surface area contributed by atoms with E-state index in [9.17, 15) is 0 Å². The van der Waals surface area contributed by atoms with E-state index in [1.54, 1.807) is 11.3 Å². The molecule has 0 bridgehead atoms. The van der Waals surface area contributed by atoms with Gasteiger partial charge < -0.3 is 15.4 Å². The van der Waals surface area contributed by atoms with Gasteiger partial charge in [-0.2, -0.15) is 11.3 Å². The molecule has 4 nitrogen and oxygen atoms in total. The molecule has 2 saturated carbocycles. The van der Waals surface area contributed by atoms with Crippen molar-refractivity contribution < 1.29 is 4.74 Å². The molecule has 140 valence electrons. The fourth-order valence-corrected chi connectivity index (χ4v) is 5.95. The van der Waals surface area contributed by atoms with Crippen molar-refractivity contribution in [1.29, 1.82) is 0 Å². The van der Waals surface area contributed by atoms with Crippen molar-refractivity contribution in [2.24, 2.45) is 16.3 Å². The van der Waals surface area contributed by atoms with Gasteiger partial charge in [-0.1, -0.05) is 19.8 Å². The van der Waals surface area contributed by atoms with Gasteiger partial charge in [0.2, 0.25) is 0 Å². The lowest BCUT2D eigenvalue weighted by atomic mass is 9.54. The zero-order valence-electron chi connectivity index (χ0n) is 15.2. The Kier molecular flexibility index (Phi) is 6.31. The average Bonchev–Trinajstić information content (AvgIpc) is 3.33. The molecule has 25 heavy (non-hydrogen) atoms. The second-order valence-corrected chi connectivity index (χ2v) is 8.50. The van der Waals surface area contributed by atoms with Crippen molar-refractivity contribution in [3.05, 3.63) is 22.4 Å². The summed E-state index contributed by atoms with van der Waals surface area (Å²) >= 11 is 1.77. The van der Waals surface area contributed by atoms with Crippen LogP contribution in [0, 0.1) is 11.3 Å². The summed E-state index contributed by atoms with van der Waals surface area (Å²) in [5.41, 5.74) is 1.78. The van der Waals surface area contributed by atoms with Gasteiger partial charge in [0.1, 0.15) is 0 Å². The lowest BCUT2D eigenvalue weighted by Crippen LogP contribution is -2.69. The number of halogens is 1. The van der Waals surface area contributed by atoms with Crippen LogP contribution < -0.4 is 10.6 Å². The van der Waals surface area contributed by atoms with Crippen LogP contribution in [0.3, 0.4) is 0 Å². The first-order valence-corrected chi connectivity index (χ1v) is 10.3. The fraction of sp³-hybridized carbons (Fsp3) is 0.737. The van der Waals surface area contributed by atoms with Gasteiger partial charge in [-0.3, -0.25) is 4.99 Å². The van der Waals surface area contributed by atoms with Crippen molar-refractivity contribution in [3.8, 4) is 0 Å². The predicted octanol–water partition coefficient (Wildman–Crippen LogP) is 3.98. The summed E-state index contributed by atoms with van der Waals surface area (Å²) in [4.78, 5) is 4.49. The van der Waals surface area contributed by atoms with Crippen LogP contribution in [0.25, 0.3) is 0 Å². The second kappa shape index (κ2) is 8.13. The first kappa shape index (κ1) is 19.4. The number of hydrogen-bond donors (Lipinski definition) is 2. The minimum absolute atomic E-state index is 0. The number of ether oxygens (including phenoxy) is 1. The number of aliphatic imine (C=N–C) groups is 1. The molecule has 0 radical (unpaired) electrons. The van der Waals surface area contributed by atoms with Crippen LogP contribution in [0.4, 0.5) is 0 Å². The predicted molar refractivity (Wildman–Crippen MR) is 115 cm³/mol. The number of rotatable bonds is 4. The monoisotopic (exact) mass is 475 g/mol. The number of nitrogens with zero attached hydrogens (tertiary/aromatic N) is 1. The lowest BCUT2D eigenvalue weighted by molar-refractivity contribution is -0.125. The van der Waals surface area contributed by atoms with E-state index in [0.717, 1.165) is 19.1 Å². The summed E-state index contributed by atoms with van der Waals surface area (Å²) < 4.78 is 6.08. The van der Waals surface area contributed by atoms with Gasteiger partial charge in [0.25, 0.3) is 0 Å². The van der Waals surface area contributed by atoms with Gasteiger partial charge in [-0.25, -0.2) is 0 Å². The number of guanidine groups is 1. The molecule has 0 amide bonds. The third-order valence-corrected chi connectivity index (χ3v) is 7.19. The zero-order valence-corrected chi connectivity index (χ0v) is 18.3. The van der Waals surface area contributed by atoms with Crippen LogP contribution in [0.15, 0.2) is 21.8 Å². The van der Waals surface area contributed by atoms with Gasteiger partial charge in [0.15, 0.2) is 5.96 Å². The molecule has 1 aliphatic heterocycles. The van der Waals surface area contributed by atoms with Crippen LogP contribution in [0.2, 0.25) is 0 Å². The normalized spacial score (nSPS) is 31.1. The van der Waals surface area contributed by atoms with Crippen LogP contribution in [-0.2, 0) is 4.74 Å². The first-order valence-electron chi connectivity index (χ1n) is 9.35. The maximum absolute atomic E-state index is 6.08. The van der Waals surface area contributed by atoms with Crippen LogP contribution in [0.5, 0.6) is 0 Å². The fourth-order valence-electron chi connectivity index (χ4n) is 5.17. The van der Waals surface area contributed by atoms with E-state index in [1.807, 2.05) is 7.05 Å². The molecular weight excluding hydrogens is 445 g/mol. The maximum atomic E-state index is 6.08. The van der Waals surface area contributed by atoms with Gasteiger partial charge >= 0.3 is 0 Å². The van der Waals surface area contributed by atoms with Crippen LogP contribution in [0.1, 0.15) is 50.5 Å². The van der Waals surface area contributed by atoms with Gasteiger partial charge in [0, 0.05) is 37.6 Å². The van der Waals surface area contributed by atoms with Crippen molar-refractivity contribution in [1.82, 2.24) is 10.6 Å². The third-order valence-electron chi connectivity index (χ3n) is 6.49. The summed E-state index contributed by atoms with van der Waals surface area (Å²) in [5, 5.41) is 11.7. The molecule has 2 N–H and O–H groups in total. The largest absolute Gasteiger partial charge is 0.377 e.